The number of nitrogens with zero attached hydrogens (tertiary/aromatic N) is 2. The van der Waals surface area contributed by atoms with E-state index in [1.165, 1.54) is 12.1 Å². The van der Waals surface area contributed by atoms with E-state index in [1.54, 1.807) is 6.07 Å². The molecular formula is C14H21N3O3. The fraction of sp³-hybridized carbons (Fsp3) is 0.571. The van der Waals surface area contributed by atoms with E-state index >= 15 is 0 Å². The Hall–Kier alpha value is -1.82. The van der Waals surface area contributed by atoms with Crippen molar-refractivity contribution in [3.63, 3.8) is 0 Å². The maximum atomic E-state index is 10.8. The summed E-state index contributed by atoms with van der Waals surface area (Å²) in [6, 6.07) is 4.61. The van der Waals surface area contributed by atoms with Crippen molar-refractivity contribution >= 4 is 17.1 Å². The maximum Gasteiger partial charge on any atom is 0.271 e. The Balaban J connectivity index is 2.34. The van der Waals surface area contributed by atoms with Crippen LogP contribution in [0.25, 0.3) is 0 Å². The highest BCUT2D eigenvalue weighted by molar-refractivity contribution is 5.71. The minimum Gasteiger partial charge on any atom is -0.397 e. The second-order valence-corrected chi connectivity index (χ2v) is 6.48. The zero-order chi connectivity index (χ0) is 15.1. The number of morpholine rings is 1. The fourth-order valence-corrected chi connectivity index (χ4v) is 2.90. The van der Waals surface area contributed by atoms with E-state index in [0.29, 0.717) is 18.8 Å². The molecule has 1 aromatic carbocycles. The number of non-ortho nitro benzene ring substituents is 1. The third kappa shape index (κ3) is 3.01. The smallest absolute Gasteiger partial charge is 0.271 e. The minimum atomic E-state index is -0.437. The number of benzene rings is 1. The Labute approximate surface area is 118 Å². The molecule has 6 nitrogen and oxygen atoms in total. The molecule has 0 amide bonds. The molecule has 1 aliphatic rings. The average Bonchev–Trinajstić information content (AvgIpc) is 2.24. The summed E-state index contributed by atoms with van der Waals surface area (Å²) < 4.78 is 6.02. The summed E-state index contributed by atoms with van der Waals surface area (Å²) in [5.41, 5.74) is 6.64. The highest BCUT2D eigenvalue weighted by atomic mass is 16.6. The van der Waals surface area contributed by atoms with Gasteiger partial charge in [0.05, 0.1) is 27.5 Å². The molecule has 1 fully saturated rings. The molecule has 0 saturated carbocycles. The molecule has 20 heavy (non-hydrogen) atoms. The van der Waals surface area contributed by atoms with Gasteiger partial charge in [-0.25, -0.2) is 0 Å². The Morgan fingerprint density at radius 3 is 2.25 bits per heavy atom. The summed E-state index contributed by atoms with van der Waals surface area (Å²) in [6.07, 6.45) is 0. The molecule has 1 aromatic rings. The van der Waals surface area contributed by atoms with Gasteiger partial charge >= 0.3 is 0 Å². The van der Waals surface area contributed by atoms with Gasteiger partial charge in [0.1, 0.15) is 0 Å². The quantitative estimate of drug-likeness (QED) is 0.511. The summed E-state index contributed by atoms with van der Waals surface area (Å²) in [5, 5.41) is 10.8. The molecule has 0 bridgehead atoms. The van der Waals surface area contributed by atoms with Crippen molar-refractivity contribution in [2.24, 2.45) is 0 Å². The largest absolute Gasteiger partial charge is 0.397 e. The molecule has 0 unspecified atom stereocenters. The number of ether oxygens (including phenoxy) is 1. The molecule has 0 atom stereocenters. The van der Waals surface area contributed by atoms with E-state index in [9.17, 15) is 10.1 Å². The van der Waals surface area contributed by atoms with Crippen LogP contribution in [0, 0.1) is 10.1 Å². The van der Waals surface area contributed by atoms with Crippen molar-refractivity contribution < 1.29 is 9.66 Å². The lowest BCUT2D eigenvalue weighted by Gasteiger charge is -2.48. The lowest BCUT2D eigenvalue weighted by molar-refractivity contribution is -0.384. The first-order chi connectivity index (χ1) is 9.10. The molecule has 0 radical (unpaired) electrons. The molecule has 1 saturated heterocycles. The average molecular weight is 279 g/mol. The summed E-state index contributed by atoms with van der Waals surface area (Å²) in [6.45, 7) is 9.51. The van der Waals surface area contributed by atoms with Gasteiger partial charge in [-0.3, -0.25) is 10.1 Å². The molecule has 0 aliphatic carbocycles. The normalized spacial score (nSPS) is 20.7. The Kier molecular flexibility index (Phi) is 3.37. The highest BCUT2D eigenvalue weighted by Crippen LogP contribution is 2.35. The van der Waals surface area contributed by atoms with E-state index in [2.05, 4.69) is 4.90 Å². The van der Waals surface area contributed by atoms with Gasteiger partial charge in [0.2, 0.25) is 0 Å². The van der Waals surface area contributed by atoms with Crippen molar-refractivity contribution in [1.82, 2.24) is 0 Å². The van der Waals surface area contributed by atoms with Crippen molar-refractivity contribution in [3.8, 4) is 0 Å². The lowest BCUT2D eigenvalue weighted by Crippen LogP contribution is -2.57. The SMILES string of the molecule is CC1(C)CN(c2ccc([N+](=O)[O-])cc2N)CC(C)(C)O1. The van der Waals surface area contributed by atoms with Gasteiger partial charge in [-0.2, -0.15) is 0 Å². The van der Waals surface area contributed by atoms with Crippen LogP contribution in [-0.2, 0) is 4.74 Å². The predicted octanol–water partition coefficient (Wildman–Crippen LogP) is 2.57. The van der Waals surface area contributed by atoms with Crippen molar-refractivity contribution in [2.75, 3.05) is 23.7 Å². The van der Waals surface area contributed by atoms with Gasteiger partial charge in [-0.15, -0.1) is 0 Å². The molecular weight excluding hydrogens is 258 g/mol. The van der Waals surface area contributed by atoms with Crippen LogP contribution in [-0.4, -0.2) is 29.2 Å². The number of rotatable bonds is 2. The second kappa shape index (κ2) is 4.63. The lowest BCUT2D eigenvalue weighted by atomic mass is 9.98. The predicted molar refractivity (Wildman–Crippen MR) is 79.0 cm³/mol. The third-order valence-electron chi connectivity index (χ3n) is 3.26. The van der Waals surface area contributed by atoms with Crippen LogP contribution in [0.2, 0.25) is 0 Å². The van der Waals surface area contributed by atoms with E-state index in [1.807, 2.05) is 27.7 Å². The first-order valence-electron chi connectivity index (χ1n) is 6.59. The van der Waals surface area contributed by atoms with E-state index in [4.69, 9.17) is 10.5 Å². The first kappa shape index (κ1) is 14.6. The van der Waals surface area contributed by atoms with E-state index < -0.39 is 4.92 Å². The van der Waals surface area contributed by atoms with E-state index in [0.717, 1.165) is 5.69 Å². The number of hydrogen-bond acceptors (Lipinski definition) is 5. The standard InChI is InChI=1S/C14H21N3O3/c1-13(2)8-16(9-14(3,4)20-13)12-6-5-10(17(18)19)7-11(12)15/h5-7H,8-9,15H2,1-4H3. The number of nitro benzene ring substituents is 1. The molecule has 6 heteroatoms. The number of nitrogen functional groups attached to an aromatic ring is 1. The van der Waals surface area contributed by atoms with Crippen LogP contribution in [0.1, 0.15) is 27.7 Å². The van der Waals surface area contributed by atoms with Crippen molar-refractivity contribution in [3.05, 3.63) is 28.3 Å². The van der Waals surface area contributed by atoms with Gasteiger partial charge in [0.15, 0.2) is 0 Å². The van der Waals surface area contributed by atoms with Crippen LogP contribution in [0.3, 0.4) is 0 Å². The first-order valence-corrected chi connectivity index (χ1v) is 6.59. The molecule has 1 aliphatic heterocycles. The maximum absolute atomic E-state index is 10.8. The summed E-state index contributed by atoms with van der Waals surface area (Å²) >= 11 is 0. The van der Waals surface area contributed by atoms with Gasteiger partial charge in [0, 0.05) is 25.2 Å². The topological polar surface area (TPSA) is 81.6 Å². The number of nitro groups is 1. The summed E-state index contributed by atoms with van der Waals surface area (Å²) in [4.78, 5) is 12.5. The second-order valence-electron chi connectivity index (χ2n) is 6.48. The summed E-state index contributed by atoms with van der Waals surface area (Å²) in [5.74, 6) is 0. The third-order valence-corrected chi connectivity index (χ3v) is 3.26. The molecule has 0 spiro atoms. The highest BCUT2D eigenvalue weighted by Gasteiger charge is 2.38. The van der Waals surface area contributed by atoms with Crippen LogP contribution >= 0.6 is 0 Å². The molecule has 2 N–H and O–H groups in total. The molecule has 2 rings (SSSR count). The summed E-state index contributed by atoms with van der Waals surface area (Å²) in [7, 11) is 0. The molecule has 0 aromatic heterocycles. The van der Waals surface area contributed by atoms with Gasteiger partial charge < -0.3 is 15.4 Å². The Bertz CT molecular complexity index is 524. The number of hydrogen-bond donors (Lipinski definition) is 1. The van der Waals surface area contributed by atoms with Gasteiger partial charge in [0.25, 0.3) is 5.69 Å². The van der Waals surface area contributed by atoms with Gasteiger partial charge in [-0.05, 0) is 33.8 Å². The van der Waals surface area contributed by atoms with Gasteiger partial charge in [-0.1, -0.05) is 0 Å². The Morgan fingerprint density at radius 2 is 1.80 bits per heavy atom. The van der Waals surface area contributed by atoms with Crippen LogP contribution in [0.4, 0.5) is 17.1 Å². The Morgan fingerprint density at radius 1 is 1.25 bits per heavy atom. The zero-order valence-corrected chi connectivity index (χ0v) is 12.3. The molecule has 110 valence electrons. The van der Waals surface area contributed by atoms with Crippen LogP contribution < -0.4 is 10.6 Å². The van der Waals surface area contributed by atoms with E-state index in [-0.39, 0.29) is 16.9 Å². The van der Waals surface area contributed by atoms with Crippen molar-refractivity contribution in [1.29, 1.82) is 0 Å². The fourth-order valence-electron chi connectivity index (χ4n) is 2.90. The van der Waals surface area contributed by atoms with Crippen LogP contribution in [0.5, 0.6) is 0 Å². The van der Waals surface area contributed by atoms with Crippen molar-refractivity contribution in [2.45, 2.75) is 38.9 Å². The number of anilines is 2. The monoisotopic (exact) mass is 279 g/mol. The zero-order valence-electron chi connectivity index (χ0n) is 12.3. The van der Waals surface area contributed by atoms with Crippen LogP contribution in [0.15, 0.2) is 18.2 Å². The molecule has 1 heterocycles. The minimum absolute atomic E-state index is 0.0121. The number of nitrogens with two attached hydrogens (primary N) is 1.